The van der Waals surface area contributed by atoms with Crippen LogP contribution >= 0.6 is 23.6 Å². The van der Waals surface area contributed by atoms with Gasteiger partial charge in [-0.25, -0.2) is 0 Å². The zero-order valence-corrected chi connectivity index (χ0v) is 15.8. The SMILES string of the molecule is CCOc1ccc(CCn2c(=S)[nH]c3ccsc3c2=O)cc1OCC. The average Bonchev–Trinajstić information content (AvgIpc) is 3.05. The fourth-order valence-corrected chi connectivity index (χ4v) is 3.75. The summed E-state index contributed by atoms with van der Waals surface area (Å²) in [7, 11) is 0. The van der Waals surface area contributed by atoms with Crippen LogP contribution in [0, 0.1) is 4.77 Å². The van der Waals surface area contributed by atoms with Gasteiger partial charge in [-0.15, -0.1) is 11.3 Å². The van der Waals surface area contributed by atoms with E-state index in [0.29, 0.717) is 35.7 Å². The highest BCUT2D eigenvalue weighted by Crippen LogP contribution is 2.28. The lowest BCUT2D eigenvalue weighted by molar-refractivity contribution is 0.287. The van der Waals surface area contributed by atoms with Crippen molar-refractivity contribution in [3.8, 4) is 11.5 Å². The van der Waals surface area contributed by atoms with E-state index in [1.54, 1.807) is 4.57 Å². The van der Waals surface area contributed by atoms with Gasteiger partial charge >= 0.3 is 0 Å². The Morgan fingerprint density at radius 2 is 1.92 bits per heavy atom. The second kappa shape index (κ2) is 7.84. The molecular weight excluding hydrogens is 356 g/mol. The van der Waals surface area contributed by atoms with Crippen molar-refractivity contribution in [1.82, 2.24) is 9.55 Å². The summed E-state index contributed by atoms with van der Waals surface area (Å²) in [6.45, 7) is 5.56. The molecule has 0 aliphatic rings. The van der Waals surface area contributed by atoms with Crippen molar-refractivity contribution in [2.45, 2.75) is 26.8 Å². The molecule has 7 heteroatoms. The highest BCUT2D eigenvalue weighted by atomic mass is 32.1. The first-order valence-electron chi connectivity index (χ1n) is 8.22. The maximum atomic E-state index is 12.6. The molecule has 0 fully saturated rings. The van der Waals surface area contributed by atoms with Crippen LogP contribution in [0.3, 0.4) is 0 Å². The lowest BCUT2D eigenvalue weighted by atomic mass is 10.1. The van der Waals surface area contributed by atoms with Crippen molar-refractivity contribution in [2.75, 3.05) is 13.2 Å². The van der Waals surface area contributed by atoms with Crippen molar-refractivity contribution >= 4 is 33.8 Å². The maximum absolute atomic E-state index is 12.6. The van der Waals surface area contributed by atoms with Crippen molar-refractivity contribution in [3.63, 3.8) is 0 Å². The predicted octanol–water partition coefficient (Wildman–Crippen LogP) is 4.16. The molecule has 5 nitrogen and oxygen atoms in total. The largest absolute Gasteiger partial charge is 0.490 e. The highest BCUT2D eigenvalue weighted by molar-refractivity contribution is 7.71. The van der Waals surface area contributed by atoms with Crippen LogP contribution in [0.4, 0.5) is 0 Å². The second-order valence-electron chi connectivity index (χ2n) is 5.45. The predicted molar refractivity (Wildman–Crippen MR) is 104 cm³/mol. The Balaban J connectivity index is 1.85. The van der Waals surface area contributed by atoms with E-state index in [0.717, 1.165) is 22.6 Å². The Kier molecular flexibility index (Phi) is 5.55. The molecule has 0 saturated carbocycles. The third-order valence-electron chi connectivity index (χ3n) is 3.82. The van der Waals surface area contributed by atoms with Gasteiger partial charge in [-0.3, -0.25) is 9.36 Å². The molecule has 3 aromatic rings. The average molecular weight is 377 g/mol. The number of rotatable bonds is 7. The number of fused-ring (bicyclic) bond motifs is 1. The normalized spacial score (nSPS) is 11.0. The number of thiophene rings is 1. The molecule has 25 heavy (non-hydrogen) atoms. The summed E-state index contributed by atoms with van der Waals surface area (Å²) >= 11 is 6.77. The second-order valence-corrected chi connectivity index (χ2v) is 6.75. The summed E-state index contributed by atoms with van der Waals surface area (Å²) in [5, 5.41) is 1.89. The number of nitrogens with one attached hydrogen (secondary N) is 1. The van der Waals surface area contributed by atoms with Gasteiger partial charge in [0.1, 0.15) is 4.70 Å². The summed E-state index contributed by atoms with van der Waals surface area (Å²) in [4.78, 5) is 15.7. The van der Waals surface area contributed by atoms with E-state index in [4.69, 9.17) is 21.7 Å². The van der Waals surface area contributed by atoms with E-state index in [1.807, 2.05) is 43.5 Å². The molecule has 0 atom stereocenters. The molecule has 0 radical (unpaired) electrons. The zero-order valence-electron chi connectivity index (χ0n) is 14.2. The quantitative estimate of drug-likeness (QED) is 0.629. The third-order valence-corrected chi connectivity index (χ3v) is 5.05. The Bertz CT molecular complexity index is 988. The van der Waals surface area contributed by atoms with Gasteiger partial charge in [-0.1, -0.05) is 6.07 Å². The molecule has 2 aromatic heterocycles. The number of hydrogen-bond donors (Lipinski definition) is 1. The number of ether oxygens (including phenoxy) is 2. The van der Waals surface area contributed by atoms with Crippen LogP contribution in [-0.4, -0.2) is 22.8 Å². The minimum absolute atomic E-state index is 0.0373. The van der Waals surface area contributed by atoms with Gasteiger partial charge in [0.25, 0.3) is 5.56 Å². The summed E-state index contributed by atoms with van der Waals surface area (Å²) in [6.07, 6.45) is 0.681. The Labute approximate surface area is 154 Å². The first-order chi connectivity index (χ1) is 12.1. The summed E-state index contributed by atoms with van der Waals surface area (Å²) < 4.78 is 14.0. The minimum Gasteiger partial charge on any atom is -0.490 e. The summed E-state index contributed by atoms with van der Waals surface area (Å²) in [6, 6.07) is 7.75. The zero-order chi connectivity index (χ0) is 17.8. The van der Waals surface area contributed by atoms with E-state index in [1.165, 1.54) is 11.3 Å². The van der Waals surface area contributed by atoms with Gasteiger partial charge in [-0.05, 0) is 61.6 Å². The Morgan fingerprint density at radius 3 is 2.68 bits per heavy atom. The summed E-state index contributed by atoms with van der Waals surface area (Å²) in [5.74, 6) is 1.47. The first-order valence-corrected chi connectivity index (χ1v) is 9.51. The number of benzene rings is 1. The van der Waals surface area contributed by atoms with Crippen molar-refractivity contribution in [1.29, 1.82) is 0 Å². The molecule has 0 aliphatic carbocycles. The topological polar surface area (TPSA) is 56.2 Å². The van der Waals surface area contributed by atoms with Gasteiger partial charge in [0.15, 0.2) is 16.3 Å². The lowest BCUT2D eigenvalue weighted by Gasteiger charge is -2.13. The Morgan fingerprint density at radius 1 is 1.16 bits per heavy atom. The fourth-order valence-electron chi connectivity index (χ4n) is 2.67. The van der Waals surface area contributed by atoms with Crippen LogP contribution in [-0.2, 0) is 13.0 Å². The molecule has 0 unspecified atom stereocenters. The van der Waals surface area contributed by atoms with Crippen LogP contribution in [0.15, 0.2) is 34.4 Å². The van der Waals surface area contributed by atoms with Crippen LogP contribution in [0.25, 0.3) is 10.2 Å². The van der Waals surface area contributed by atoms with Crippen LogP contribution in [0.1, 0.15) is 19.4 Å². The first kappa shape index (κ1) is 17.7. The molecule has 1 aromatic carbocycles. The Hall–Kier alpha value is -2.12. The van der Waals surface area contributed by atoms with Crippen LogP contribution in [0.5, 0.6) is 11.5 Å². The van der Waals surface area contributed by atoms with Crippen molar-refractivity contribution < 1.29 is 9.47 Å². The van der Waals surface area contributed by atoms with Crippen molar-refractivity contribution in [2.24, 2.45) is 0 Å². The van der Waals surface area contributed by atoms with Gasteiger partial charge in [-0.2, -0.15) is 0 Å². The maximum Gasteiger partial charge on any atom is 0.272 e. The van der Waals surface area contributed by atoms with Crippen LogP contribution in [0.2, 0.25) is 0 Å². The van der Waals surface area contributed by atoms with Gasteiger partial charge in [0.05, 0.1) is 18.7 Å². The number of aromatic nitrogens is 2. The van der Waals surface area contributed by atoms with Gasteiger partial charge in [0.2, 0.25) is 0 Å². The molecule has 1 N–H and O–H groups in total. The van der Waals surface area contributed by atoms with E-state index < -0.39 is 0 Å². The number of nitrogens with zero attached hydrogens (tertiary/aromatic N) is 1. The monoisotopic (exact) mass is 376 g/mol. The van der Waals surface area contributed by atoms with Crippen molar-refractivity contribution in [3.05, 3.63) is 50.3 Å². The molecule has 0 spiro atoms. The van der Waals surface area contributed by atoms with E-state index in [2.05, 4.69) is 4.98 Å². The molecule has 3 rings (SSSR count). The lowest BCUT2D eigenvalue weighted by Crippen LogP contribution is -2.22. The summed E-state index contributed by atoms with van der Waals surface area (Å²) in [5.41, 5.74) is 1.83. The molecule has 132 valence electrons. The molecule has 0 saturated heterocycles. The van der Waals surface area contributed by atoms with Gasteiger partial charge < -0.3 is 14.5 Å². The number of hydrogen-bond acceptors (Lipinski definition) is 5. The van der Waals surface area contributed by atoms with E-state index in [9.17, 15) is 4.79 Å². The number of aryl methyl sites for hydroxylation is 1. The third kappa shape index (κ3) is 3.77. The number of H-pyrrole nitrogens is 1. The standard InChI is InChI=1S/C18H20N2O3S2/c1-3-22-14-6-5-12(11-15(14)23-4-2)7-9-20-17(21)16-13(8-10-25-16)19-18(20)24/h5-6,8,10-11H,3-4,7,9H2,1-2H3,(H,19,24). The minimum atomic E-state index is -0.0373. The molecule has 0 amide bonds. The smallest absolute Gasteiger partial charge is 0.272 e. The fraction of sp³-hybridized carbons (Fsp3) is 0.333. The molecular formula is C18H20N2O3S2. The number of aromatic amines is 1. The highest BCUT2D eigenvalue weighted by Gasteiger charge is 2.09. The van der Waals surface area contributed by atoms with Gasteiger partial charge in [0, 0.05) is 6.54 Å². The van der Waals surface area contributed by atoms with E-state index >= 15 is 0 Å². The molecule has 2 heterocycles. The van der Waals surface area contributed by atoms with Crippen LogP contribution < -0.4 is 15.0 Å². The van der Waals surface area contributed by atoms with E-state index in [-0.39, 0.29) is 5.56 Å². The molecule has 0 aliphatic heterocycles. The molecule has 0 bridgehead atoms.